The highest BCUT2D eigenvalue weighted by Crippen LogP contribution is 2.31. The summed E-state index contributed by atoms with van der Waals surface area (Å²) in [4.78, 5) is 13.0. The van der Waals surface area contributed by atoms with Gasteiger partial charge in [0, 0.05) is 6.54 Å². The molecule has 2 rings (SSSR count). The van der Waals surface area contributed by atoms with Crippen molar-refractivity contribution in [1.82, 2.24) is 9.78 Å². The van der Waals surface area contributed by atoms with Gasteiger partial charge in [0.25, 0.3) is 0 Å². The number of halogens is 2. The van der Waals surface area contributed by atoms with E-state index in [0.29, 0.717) is 27.2 Å². The van der Waals surface area contributed by atoms with Gasteiger partial charge in [-0.25, -0.2) is 0 Å². The van der Waals surface area contributed by atoms with Crippen LogP contribution in [0.25, 0.3) is 0 Å². The molecule has 0 atom stereocenters. The molecule has 0 saturated carbocycles. The molecule has 6 heteroatoms. The minimum atomic E-state index is -0.158. The average Bonchev–Trinajstić information content (AvgIpc) is 2.85. The Morgan fingerprint density at radius 2 is 2.22 bits per heavy atom. The molecule has 0 bridgehead atoms. The molecule has 2 heterocycles. The van der Waals surface area contributed by atoms with Crippen molar-refractivity contribution < 1.29 is 4.79 Å². The summed E-state index contributed by atoms with van der Waals surface area (Å²) in [5.41, 5.74) is 1.32. The molecule has 0 radical (unpaired) electrons. The maximum atomic E-state index is 12.4. The van der Waals surface area contributed by atoms with Crippen LogP contribution in [0.15, 0.2) is 11.6 Å². The third kappa shape index (κ3) is 2.32. The second-order valence-corrected chi connectivity index (χ2v) is 5.62. The number of aryl methyl sites for hydroxylation is 2. The van der Waals surface area contributed by atoms with Gasteiger partial charge in [-0.15, -0.1) is 11.3 Å². The number of nitrogens with zero attached hydrogens (tertiary/aromatic N) is 2. The molecule has 0 aliphatic heterocycles. The van der Waals surface area contributed by atoms with Gasteiger partial charge in [0.2, 0.25) is 5.78 Å². The van der Waals surface area contributed by atoms with Crippen molar-refractivity contribution in [3.05, 3.63) is 37.8 Å². The summed E-state index contributed by atoms with van der Waals surface area (Å²) in [6.45, 7) is 4.56. The van der Waals surface area contributed by atoms with Gasteiger partial charge in [-0.2, -0.15) is 5.10 Å². The van der Waals surface area contributed by atoms with Crippen LogP contribution in [0.2, 0.25) is 10.0 Å². The van der Waals surface area contributed by atoms with Gasteiger partial charge in [0.15, 0.2) is 0 Å². The molecule has 0 spiro atoms. The molecule has 0 fully saturated rings. The van der Waals surface area contributed by atoms with Gasteiger partial charge >= 0.3 is 0 Å². The van der Waals surface area contributed by atoms with Crippen LogP contribution in [-0.2, 0) is 6.54 Å². The van der Waals surface area contributed by atoms with Crippen molar-refractivity contribution in [2.45, 2.75) is 26.8 Å². The fraction of sp³-hybridized carbons (Fsp3) is 0.333. The highest BCUT2D eigenvalue weighted by Gasteiger charge is 2.23. The van der Waals surface area contributed by atoms with Crippen molar-refractivity contribution in [1.29, 1.82) is 0 Å². The first kappa shape index (κ1) is 13.6. The van der Waals surface area contributed by atoms with E-state index < -0.39 is 0 Å². The Labute approximate surface area is 119 Å². The fourth-order valence-corrected chi connectivity index (χ4v) is 3.11. The molecule has 0 saturated heterocycles. The summed E-state index contributed by atoms with van der Waals surface area (Å²) in [7, 11) is 0. The lowest BCUT2D eigenvalue weighted by Crippen LogP contribution is -2.11. The lowest BCUT2D eigenvalue weighted by Gasteiger charge is -2.05. The Hall–Kier alpha value is -0.840. The van der Waals surface area contributed by atoms with E-state index in [1.807, 2.05) is 19.2 Å². The highest BCUT2D eigenvalue weighted by molar-refractivity contribution is 7.13. The van der Waals surface area contributed by atoms with E-state index >= 15 is 0 Å². The number of ketones is 1. The highest BCUT2D eigenvalue weighted by atomic mass is 35.5. The van der Waals surface area contributed by atoms with E-state index in [1.54, 1.807) is 4.68 Å². The number of carbonyl (C=O) groups is 1. The van der Waals surface area contributed by atoms with Crippen LogP contribution in [-0.4, -0.2) is 15.6 Å². The average molecular weight is 303 g/mol. The van der Waals surface area contributed by atoms with Gasteiger partial charge in [0.05, 0.1) is 21.1 Å². The van der Waals surface area contributed by atoms with Crippen molar-refractivity contribution in [3.8, 4) is 0 Å². The molecule has 3 nitrogen and oxygen atoms in total. The van der Waals surface area contributed by atoms with Crippen LogP contribution in [0.3, 0.4) is 0 Å². The molecule has 0 unspecified atom stereocenters. The minimum absolute atomic E-state index is 0.158. The predicted octanol–water partition coefficient (Wildman–Crippen LogP) is 4.20. The number of hydrogen-bond donors (Lipinski definition) is 0. The number of carbonyl (C=O) groups excluding carboxylic acids is 1. The van der Waals surface area contributed by atoms with Gasteiger partial charge in [-0.3, -0.25) is 9.48 Å². The maximum absolute atomic E-state index is 12.4. The van der Waals surface area contributed by atoms with E-state index in [9.17, 15) is 4.79 Å². The first-order valence-corrected chi connectivity index (χ1v) is 7.19. The Morgan fingerprint density at radius 3 is 2.78 bits per heavy atom. The van der Waals surface area contributed by atoms with Crippen LogP contribution in [0.4, 0.5) is 0 Å². The molecular weight excluding hydrogens is 291 g/mol. The minimum Gasteiger partial charge on any atom is -0.286 e. The first-order valence-electron chi connectivity index (χ1n) is 5.55. The number of thiophene rings is 1. The summed E-state index contributed by atoms with van der Waals surface area (Å²) in [6, 6.07) is 0. The third-order valence-corrected chi connectivity index (χ3v) is 4.52. The van der Waals surface area contributed by atoms with Crippen molar-refractivity contribution in [3.63, 3.8) is 0 Å². The smallest absolute Gasteiger partial charge is 0.223 e. The number of rotatable bonds is 4. The van der Waals surface area contributed by atoms with Gasteiger partial charge in [0.1, 0.15) is 5.69 Å². The molecule has 96 valence electrons. The summed E-state index contributed by atoms with van der Waals surface area (Å²) >= 11 is 13.5. The van der Waals surface area contributed by atoms with Crippen LogP contribution in [0.1, 0.15) is 34.3 Å². The Bertz CT molecular complexity index is 589. The maximum Gasteiger partial charge on any atom is 0.223 e. The van der Waals surface area contributed by atoms with Gasteiger partial charge in [-0.05, 0) is 24.3 Å². The normalized spacial score (nSPS) is 10.9. The van der Waals surface area contributed by atoms with Gasteiger partial charge < -0.3 is 0 Å². The topological polar surface area (TPSA) is 34.9 Å². The zero-order valence-corrected chi connectivity index (χ0v) is 12.4. The van der Waals surface area contributed by atoms with Crippen molar-refractivity contribution >= 4 is 40.3 Å². The number of hydrogen-bond acceptors (Lipinski definition) is 3. The largest absolute Gasteiger partial charge is 0.286 e. The molecule has 0 aliphatic carbocycles. The Morgan fingerprint density at radius 1 is 1.50 bits per heavy atom. The first-order chi connectivity index (χ1) is 8.56. The fourth-order valence-electron chi connectivity index (χ4n) is 1.66. The predicted molar refractivity (Wildman–Crippen MR) is 75.0 cm³/mol. The monoisotopic (exact) mass is 302 g/mol. The Balaban J connectivity index is 2.45. The van der Waals surface area contributed by atoms with E-state index in [4.69, 9.17) is 23.2 Å². The SMILES string of the molecule is CCCn1ncc(Cl)c1C(=O)c1scc(C)c1Cl. The van der Waals surface area contributed by atoms with E-state index in [0.717, 1.165) is 12.0 Å². The van der Waals surface area contributed by atoms with E-state index in [-0.39, 0.29) is 5.78 Å². The molecule has 18 heavy (non-hydrogen) atoms. The van der Waals surface area contributed by atoms with Crippen molar-refractivity contribution in [2.24, 2.45) is 0 Å². The molecule has 0 aliphatic rings. The van der Waals surface area contributed by atoms with E-state index in [2.05, 4.69) is 5.10 Å². The number of aromatic nitrogens is 2. The summed E-state index contributed by atoms with van der Waals surface area (Å²) in [6.07, 6.45) is 2.38. The van der Waals surface area contributed by atoms with E-state index in [1.165, 1.54) is 17.5 Å². The molecular formula is C12H12Cl2N2OS. The van der Waals surface area contributed by atoms with Crippen molar-refractivity contribution in [2.75, 3.05) is 0 Å². The van der Waals surface area contributed by atoms with Crippen LogP contribution < -0.4 is 0 Å². The zero-order valence-electron chi connectivity index (χ0n) is 10.0. The molecule has 0 aromatic carbocycles. The standard InChI is InChI=1S/C12H12Cl2N2OS/c1-3-4-16-10(8(13)5-15-16)11(17)12-9(14)7(2)6-18-12/h5-6H,3-4H2,1-2H3. The summed E-state index contributed by atoms with van der Waals surface area (Å²) in [5.74, 6) is -0.158. The lowest BCUT2D eigenvalue weighted by atomic mass is 10.2. The molecule has 2 aromatic heterocycles. The van der Waals surface area contributed by atoms with Crippen LogP contribution in [0.5, 0.6) is 0 Å². The Kier molecular flexibility index (Phi) is 4.10. The summed E-state index contributed by atoms with van der Waals surface area (Å²) in [5, 5.41) is 6.85. The molecule has 2 aromatic rings. The lowest BCUT2D eigenvalue weighted by molar-refractivity contribution is 0.103. The zero-order chi connectivity index (χ0) is 13.3. The third-order valence-electron chi connectivity index (χ3n) is 2.55. The quantitative estimate of drug-likeness (QED) is 0.793. The van der Waals surface area contributed by atoms with Crippen LogP contribution >= 0.6 is 34.5 Å². The van der Waals surface area contributed by atoms with Gasteiger partial charge in [-0.1, -0.05) is 30.1 Å². The second kappa shape index (κ2) is 5.43. The summed E-state index contributed by atoms with van der Waals surface area (Å²) < 4.78 is 1.63. The molecule has 0 N–H and O–H groups in total. The van der Waals surface area contributed by atoms with Crippen LogP contribution in [0, 0.1) is 6.92 Å². The molecule has 0 amide bonds. The second-order valence-electron chi connectivity index (χ2n) is 3.96.